The number of carbonyl (C=O) groups excluding carboxylic acids is 1. The van der Waals surface area contributed by atoms with Crippen LogP contribution >= 0.6 is 0 Å². The Balaban J connectivity index is 1.92. The predicted molar refractivity (Wildman–Crippen MR) is 52.4 cm³/mol. The van der Waals surface area contributed by atoms with E-state index in [1.807, 2.05) is 0 Å². The molecule has 3 rings (SSSR count). The fourth-order valence-corrected chi connectivity index (χ4v) is 1.75. The van der Waals surface area contributed by atoms with Crippen LogP contribution in [0, 0.1) is 6.08 Å². The number of benzene rings is 1. The lowest BCUT2D eigenvalue weighted by atomic mass is 10.1. The summed E-state index contributed by atoms with van der Waals surface area (Å²) >= 11 is 0. The Morgan fingerprint density at radius 1 is 1.28 bits per heavy atom. The van der Waals surface area contributed by atoms with E-state index in [1.165, 1.54) is 18.2 Å². The van der Waals surface area contributed by atoms with Gasteiger partial charge in [-0.2, -0.15) is 0 Å². The van der Waals surface area contributed by atoms with Crippen molar-refractivity contribution in [1.29, 1.82) is 0 Å². The standard InChI is InChI=1S/C11H6F2NO4/c12-11(13)17-7-2-1-5(3-8(7)18-11)10-6(15)4-9(14)16-10/h1-3,10H,14H2. The summed E-state index contributed by atoms with van der Waals surface area (Å²) in [6, 6.07) is 3.95. The molecule has 0 amide bonds. The maximum atomic E-state index is 12.8. The van der Waals surface area contributed by atoms with Gasteiger partial charge in [0.25, 0.3) is 0 Å². The number of rotatable bonds is 1. The van der Waals surface area contributed by atoms with Crippen LogP contribution in [0.1, 0.15) is 11.7 Å². The van der Waals surface area contributed by atoms with E-state index in [1.54, 1.807) is 0 Å². The van der Waals surface area contributed by atoms with Gasteiger partial charge in [-0.25, -0.2) is 0 Å². The van der Waals surface area contributed by atoms with Crippen LogP contribution in [0.15, 0.2) is 24.1 Å². The highest BCUT2D eigenvalue weighted by Gasteiger charge is 2.44. The van der Waals surface area contributed by atoms with Crippen LogP contribution in [0.5, 0.6) is 11.5 Å². The van der Waals surface area contributed by atoms with Crippen LogP contribution in [0.4, 0.5) is 8.78 Å². The minimum atomic E-state index is -3.69. The first-order valence-corrected chi connectivity index (χ1v) is 4.94. The molecule has 18 heavy (non-hydrogen) atoms. The molecule has 1 unspecified atom stereocenters. The lowest BCUT2D eigenvalue weighted by Gasteiger charge is -2.10. The number of carbonyl (C=O) groups is 1. The monoisotopic (exact) mass is 254 g/mol. The number of alkyl halides is 2. The fourth-order valence-electron chi connectivity index (χ4n) is 1.75. The second kappa shape index (κ2) is 3.34. The van der Waals surface area contributed by atoms with Crippen molar-refractivity contribution in [3.8, 4) is 11.5 Å². The van der Waals surface area contributed by atoms with Gasteiger partial charge >= 0.3 is 6.29 Å². The van der Waals surface area contributed by atoms with Gasteiger partial charge in [-0.05, 0) is 12.1 Å². The Kier molecular flexibility index (Phi) is 2.01. The number of hydrogen-bond acceptors (Lipinski definition) is 5. The zero-order valence-electron chi connectivity index (χ0n) is 8.78. The summed E-state index contributed by atoms with van der Waals surface area (Å²) in [4.78, 5) is 11.5. The fraction of sp³-hybridized carbons (Fsp3) is 0.182. The smallest absolute Gasteiger partial charge is 0.462 e. The molecule has 1 atom stereocenters. The molecule has 0 bridgehead atoms. The highest BCUT2D eigenvalue weighted by Crippen LogP contribution is 2.42. The van der Waals surface area contributed by atoms with Gasteiger partial charge in [0.2, 0.25) is 5.78 Å². The van der Waals surface area contributed by atoms with Crippen LogP contribution in [0.3, 0.4) is 0 Å². The molecule has 93 valence electrons. The highest BCUT2D eigenvalue weighted by molar-refractivity contribution is 5.93. The normalized spacial score (nSPS) is 23.8. The third-order valence-electron chi connectivity index (χ3n) is 2.46. The summed E-state index contributed by atoms with van der Waals surface area (Å²) in [5.74, 6) is -0.857. The van der Waals surface area contributed by atoms with E-state index in [2.05, 4.69) is 15.5 Å². The van der Waals surface area contributed by atoms with Gasteiger partial charge in [-0.3, -0.25) is 4.79 Å². The topological polar surface area (TPSA) is 70.8 Å². The van der Waals surface area contributed by atoms with E-state index in [0.29, 0.717) is 5.56 Å². The molecular formula is C11H6F2NO4. The summed E-state index contributed by atoms with van der Waals surface area (Å²) in [6.07, 6.45) is -2.41. The number of ether oxygens (including phenoxy) is 3. The van der Waals surface area contributed by atoms with Crippen molar-refractivity contribution >= 4 is 5.78 Å². The molecule has 5 nitrogen and oxygen atoms in total. The zero-order valence-corrected chi connectivity index (χ0v) is 8.78. The first-order valence-electron chi connectivity index (χ1n) is 4.94. The minimum absolute atomic E-state index is 0.0980. The summed E-state index contributed by atoms with van der Waals surface area (Å²) in [5, 5.41) is 0. The molecule has 0 saturated heterocycles. The molecule has 0 fully saturated rings. The van der Waals surface area contributed by atoms with E-state index in [9.17, 15) is 13.6 Å². The maximum Gasteiger partial charge on any atom is 0.586 e. The van der Waals surface area contributed by atoms with Crippen molar-refractivity contribution in [1.82, 2.24) is 0 Å². The Labute approximate surface area is 99.7 Å². The number of Topliss-reactive ketones (excluding diaryl/α,β-unsaturated/α-hetero) is 1. The average molecular weight is 254 g/mol. The molecule has 2 N–H and O–H groups in total. The molecule has 2 aliphatic rings. The van der Waals surface area contributed by atoms with Crippen molar-refractivity contribution in [3.05, 3.63) is 35.7 Å². The molecule has 7 heteroatoms. The molecule has 2 heterocycles. The van der Waals surface area contributed by atoms with E-state index in [-0.39, 0.29) is 17.4 Å². The first-order chi connectivity index (χ1) is 8.44. The largest absolute Gasteiger partial charge is 0.586 e. The Morgan fingerprint density at radius 3 is 2.67 bits per heavy atom. The predicted octanol–water partition coefficient (Wildman–Crippen LogP) is 1.25. The molecule has 0 aromatic heterocycles. The Morgan fingerprint density at radius 2 is 2.00 bits per heavy atom. The third kappa shape index (κ3) is 1.64. The van der Waals surface area contributed by atoms with Crippen LogP contribution in [0.25, 0.3) is 0 Å². The van der Waals surface area contributed by atoms with Crippen molar-refractivity contribution in [2.24, 2.45) is 5.73 Å². The van der Waals surface area contributed by atoms with Gasteiger partial charge in [0.05, 0.1) is 6.08 Å². The van der Waals surface area contributed by atoms with Crippen LogP contribution in [-0.2, 0) is 9.53 Å². The number of fused-ring (bicyclic) bond motifs is 1. The Bertz CT molecular complexity index is 570. The number of halogens is 2. The van der Waals surface area contributed by atoms with E-state index in [4.69, 9.17) is 10.5 Å². The number of ketones is 1. The average Bonchev–Trinajstić information content (AvgIpc) is 2.74. The lowest BCUT2D eigenvalue weighted by molar-refractivity contribution is -0.286. The van der Waals surface area contributed by atoms with Gasteiger partial charge < -0.3 is 19.9 Å². The van der Waals surface area contributed by atoms with Crippen molar-refractivity contribution in [3.63, 3.8) is 0 Å². The maximum absolute atomic E-state index is 12.8. The van der Waals surface area contributed by atoms with Crippen molar-refractivity contribution in [2.75, 3.05) is 0 Å². The van der Waals surface area contributed by atoms with Gasteiger partial charge in [-0.1, -0.05) is 6.07 Å². The molecule has 0 spiro atoms. The van der Waals surface area contributed by atoms with Crippen molar-refractivity contribution in [2.45, 2.75) is 12.4 Å². The second-order valence-corrected chi connectivity index (χ2v) is 3.73. The summed E-state index contributed by atoms with van der Waals surface area (Å²) in [6.45, 7) is 0. The van der Waals surface area contributed by atoms with E-state index < -0.39 is 18.2 Å². The van der Waals surface area contributed by atoms with Crippen LogP contribution in [0.2, 0.25) is 0 Å². The first kappa shape index (κ1) is 10.8. The molecule has 2 aliphatic heterocycles. The minimum Gasteiger partial charge on any atom is -0.462 e. The number of hydrogen-bond donors (Lipinski definition) is 1. The van der Waals surface area contributed by atoms with E-state index in [0.717, 1.165) is 0 Å². The third-order valence-corrected chi connectivity index (χ3v) is 2.46. The quantitative estimate of drug-likeness (QED) is 0.816. The van der Waals surface area contributed by atoms with Gasteiger partial charge in [-0.15, -0.1) is 8.78 Å². The van der Waals surface area contributed by atoms with Gasteiger partial charge in [0, 0.05) is 5.56 Å². The highest BCUT2D eigenvalue weighted by atomic mass is 19.3. The van der Waals surface area contributed by atoms with Crippen LogP contribution < -0.4 is 15.2 Å². The van der Waals surface area contributed by atoms with Crippen molar-refractivity contribution < 1.29 is 27.8 Å². The summed E-state index contributed by atoms with van der Waals surface area (Å²) in [7, 11) is 0. The van der Waals surface area contributed by atoms with Crippen LogP contribution in [-0.4, -0.2) is 12.1 Å². The van der Waals surface area contributed by atoms with Gasteiger partial charge in [0.1, 0.15) is 0 Å². The summed E-state index contributed by atoms with van der Waals surface area (Å²) in [5.41, 5.74) is 5.64. The molecule has 0 saturated carbocycles. The molecular weight excluding hydrogens is 248 g/mol. The Hall–Kier alpha value is -2.31. The molecule has 1 aromatic carbocycles. The lowest BCUT2D eigenvalue weighted by Crippen LogP contribution is -2.25. The number of nitrogens with two attached hydrogens (primary N) is 1. The molecule has 0 aliphatic carbocycles. The molecule has 1 aromatic rings. The van der Waals surface area contributed by atoms with E-state index >= 15 is 0 Å². The SMILES string of the molecule is NC1=[C]C(=O)C(c2ccc3c(c2)OC(F)(F)O3)O1. The zero-order chi connectivity index (χ0) is 12.9. The van der Waals surface area contributed by atoms with Gasteiger partial charge in [0.15, 0.2) is 23.5 Å². The second-order valence-electron chi connectivity index (χ2n) is 3.73. The molecule has 1 radical (unpaired) electrons. The summed E-state index contributed by atoms with van der Waals surface area (Å²) < 4.78 is 39.1.